The molecule has 5 heteroatoms. The van der Waals surface area contributed by atoms with E-state index in [1.54, 1.807) is 0 Å². The van der Waals surface area contributed by atoms with Gasteiger partial charge < -0.3 is 0 Å². The molecule has 0 heterocycles. The summed E-state index contributed by atoms with van der Waals surface area (Å²) in [6, 6.07) is 0. The van der Waals surface area contributed by atoms with Crippen molar-refractivity contribution in [3.05, 3.63) is 0 Å². The van der Waals surface area contributed by atoms with Crippen molar-refractivity contribution in [1.82, 2.24) is 5.32 Å². The summed E-state index contributed by atoms with van der Waals surface area (Å²) in [5.74, 6) is 0. The largest absolute Gasteiger partial charge is 0.482 e. The zero-order valence-electron chi connectivity index (χ0n) is 4.04. The van der Waals surface area contributed by atoms with Crippen LogP contribution in [0.4, 0.5) is 13.2 Å². The van der Waals surface area contributed by atoms with Gasteiger partial charge in [0.2, 0.25) is 0 Å². The van der Waals surface area contributed by atoms with Gasteiger partial charge >= 0.3 is 6.30 Å². The quantitative estimate of drug-likeness (QED) is 0.407. The van der Waals surface area contributed by atoms with E-state index in [9.17, 15) is 13.2 Å². The van der Waals surface area contributed by atoms with E-state index in [1.165, 1.54) is 6.92 Å². The molecule has 0 spiro atoms. The molecule has 0 aromatic rings. The van der Waals surface area contributed by atoms with Gasteiger partial charge in [-0.15, -0.1) is 0 Å². The molecule has 0 atom stereocenters. The smallest absolute Gasteiger partial charge is 0.292 e. The number of rotatable bonds is 0. The summed E-state index contributed by atoms with van der Waals surface area (Å²) >= 11 is 4.11. The van der Waals surface area contributed by atoms with Crippen LogP contribution < -0.4 is 5.32 Å². The Morgan fingerprint density at radius 1 is 1.50 bits per heavy atom. The number of hydrogen-bond acceptors (Lipinski definition) is 1. The molecule has 0 aliphatic heterocycles. The maximum atomic E-state index is 11.1. The van der Waals surface area contributed by atoms with Crippen LogP contribution in [0, 0.1) is 0 Å². The highest BCUT2D eigenvalue weighted by atomic mass is 32.1. The number of nitrogens with one attached hydrogen (secondary N) is 1. The first-order valence-corrected chi connectivity index (χ1v) is 2.18. The Bertz CT molecular complexity index is 97.2. The van der Waals surface area contributed by atoms with Crippen LogP contribution in [0.1, 0.15) is 6.92 Å². The average Bonchev–Trinajstić information content (AvgIpc) is 1.21. The topological polar surface area (TPSA) is 12.0 Å². The third-order valence-electron chi connectivity index (χ3n) is 0.318. The van der Waals surface area contributed by atoms with Crippen LogP contribution in [-0.4, -0.2) is 11.3 Å². The molecule has 48 valence electrons. The van der Waals surface area contributed by atoms with Crippen LogP contribution in [0.2, 0.25) is 0 Å². The molecular formula is C3H4F3NS. The fraction of sp³-hybridized carbons (Fsp3) is 0.667. The first-order valence-electron chi connectivity index (χ1n) is 1.77. The summed E-state index contributed by atoms with van der Waals surface area (Å²) in [6.07, 6.45) is -4.37. The van der Waals surface area contributed by atoms with Crippen molar-refractivity contribution >= 4 is 17.2 Å². The SMILES string of the molecule is CC(=S)NC(F)(F)F. The summed E-state index contributed by atoms with van der Waals surface area (Å²) in [5.41, 5.74) is 0. The molecule has 0 amide bonds. The minimum Gasteiger partial charge on any atom is -0.292 e. The molecule has 0 saturated carbocycles. The van der Waals surface area contributed by atoms with E-state index >= 15 is 0 Å². The molecule has 0 rings (SSSR count). The van der Waals surface area contributed by atoms with Crippen LogP contribution in [0.5, 0.6) is 0 Å². The third-order valence-corrected chi connectivity index (χ3v) is 0.420. The second-order valence-electron chi connectivity index (χ2n) is 1.18. The minimum atomic E-state index is -4.37. The van der Waals surface area contributed by atoms with Crippen LogP contribution in [0.25, 0.3) is 0 Å². The number of alkyl halides is 3. The molecule has 0 aliphatic carbocycles. The van der Waals surface area contributed by atoms with E-state index in [2.05, 4.69) is 12.2 Å². The molecule has 8 heavy (non-hydrogen) atoms. The zero-order valence-corrected chi connectivity index (χ0v) is 4.86. The first kappa shape index (κ1) is 7.68. The highest BCUT2D eigenvalue weighted by Gasteiger charge is 2.26. The highest BCUT2D eigenvalue weighted by Crippen LogP contribution is 2.08. The molecule has 0 bridgehead atoms. The zero-order chi connectivity index (χ0) is 6.78. The first-order chi connectivity index (χ1) is 3.42. The normalized spacial score (nSPS) is 11.0. The van der Waals surface area contributed by atoms with Gasteiger partial charge in [-0.25, -0.2) is 0 Å². The van der Waals surface area contributed by atoms with Gasteiger partial charge in [0.1, 0.15) is 0 Å². The second kappa shape index (κ2) is 2.30. The molecule has 1 N–H and O–H groups in total. The maximum Gasteiger partial charge on any atom is 0.482 e. The molecule has 0 aliphatic rings. The Kier molecular flexibility index (Phi) is 2.21. The molecular weight excluding hydrogens is 139 g/mol. The summed E-state index contributed by atoms with van der Waals surface area (Å²) in [5, 5.41) is 1.11. The number of hydrogen-bond donors (Lipinski definition) is 1. The van der Waals surface area contributed by atoms with Crippen LogP contribution in [0.3, 0.4) is 0 Å². The molecule has 1 nitrogen and oxygen atoms in total. The lowest BCUT2D eigenvalue weighted by Crippen LogP contribution is -2.34. The summed E-state index contributed by atoms with van der Waals surface area (Å²) < 4.78 is 33.3. The Morgan fingerprint density at radius 3 is 1.88 bits per heavy atom. The van der Waals surface area contributed by atoms with Crippen molar-refractivity contribution in [1.29, 1.82) is 0 Å². The van der Waals surface area contributed by atoms with Gasteiger partial charge in [0.25, 0.3) is 0 Å². The van der Waals surface area contributed by atoms with Gasteiger partial charge in [-0.05, 0) is 6.92 Å². The van der Waals surface area contributed by atoms with E-state index in [0.29, 0.717) is 0 Å². The van der Waals surface area contributed by atoms with Crippen molar-refractivity contribution in [2.45, 2.75) is 13.2 Å². The Morgan fingerprint density at radius 2 is 1.88 bits per heavy atom. The average molecular weight is 143 g/mol. The van der Waals surface area contributed by atoms with Gasteiger partial charge in [0, 0.05) is 0 Å². The van der Waals surface area contributed by atoms with E-state index in [0.717, 1.165) is 5.32 Å². The standard InChI is InChI=1S/C3H4F3NS/c1-2(8)7-3(4,5)6/h1H3,(H,7,8). The summed E-state index contributed by atoms with van der Waals surface area (Å²) in [6.45, 7) is 1.17. The van der Waals surface area contributed by atoms with Crippen molar-refractivity contribution in [2.24, 2.45) is 0 Å². The Balaban J connectivity index is 3.55. The summed E-state index contributed by atoms with van der Waals surface area (Å²) in [4.78, 5) is -0.266. The van der Waals surface area contributed by atoms with Crippen molar-refractivity contribution in [3.63, 3.8) is 0 Å². The number of halogens is 3. The van der Waals surface area contributed by atoms with Gasteiger partial charge in [-0.3, -0.25) is 5.32 Å². The van der Waals surface area contributed by atoms with Crippen molar-refractivity contribution < 1.29 is 13.2 Å². The lowest BCUT2D eigenvalue weighted by Gasteiger charge is -2.05. The van der Waals surface area contributed by atoms with Crippen LogP contribution >= 0.6 is 12.2 Å². The monoisotopic (exact) mass is 143 g/mol. The maximum absolute atomic E-state index is 11.1. The van der Waals surface area contributed by atoms with Gasteiger partial charge in [0.05, 0.1) is 4.99 Å². The predicted molar refractivity (Wildman–Crippen MR) is 27.5 cm³/mol. The fourth-order valence-electron chi connectivity index (χ4n) is 0.200. The van der Waals surface area contributed by atoms with Gasteiger partial charge in [-0.1, -0.05) is 12.2 Å². The van der Waals surface area contributed by atoms with E-state index < -0.39 is 6.30 Å². The van der Waals surface area contributed by atoms with Crippen LogP contribution in [-0.2, 0) is 0 Å². The number of thiocarbonyl (C=S) groups is 1. The molecule has 0 aromatic heterocycles. The van der Waals surface area contributed by atoms with Gasteiger partial charge in [0.15, 0.2) is 0 Å². The predicted octanol–water partition coefficient (Wildman–Crippen LogP) is 1.44. The highest BCUT2D eigenvalue weighted by molar-refractivity contribution is 7.80. The summed E-state index contributed by atoms with van der Waals surface area (Å²) in [7, 11) is 0. The lowest BCUT2D eigenvalue weighted by atomic mass is 10.7. The Hall–Kier alpha value is -0.320. The molecule has 0 saturated heterocycles. The van der Waals surface area contributed by atoms with E-state index in [-0.39, 0.29) is 4.99 Å². The second-order valence-corrected chi connectivity index (χ2v) is 1.79. The molecule has 0 aromatic carbocycles. The van der Waals surface area contributed by atoms with Crippen LogP contribution in [0.15, 0.2) is 0 Å². The van der Waals surface area contributed by atoms with E-state index in [4.69, 9.17) is 0 Å². The minimum absolute atomic E-state index is 0.266. The Labute approximate surface area is 49.9 Å². The molecule has 0 radical (unpaired) electrons. The van der Waals surface area contributed by atoms with Crippen molar-refractivity contribution in [2.75, 3.05) is 0 Å². The third kappa shape index (κ3) is 5.68. The molecule has 0 unspecified atom stereocenters. The van der Waals surface area contributed by atoms with Crippen molar-refractivity contribution in [3.8, 4) is 0 Å². The van der Waals surface area contributed by atoms with Gasteiger partial charge in [-0.2, -0.15) is 13.2 Å². The van der Waals surface area contributed by atoms with E-state index in [1.807, 2.05) is 0 Å². The lowest BCUT2D eigenvalue weighted by molar-refractivity contribution is -0.141. The fourth-order valence-corrected chi connectivity index (χ4v) is 0.315. The molecule has 0 fully saturated rings.